The molecule has 2 atom stereocenters. The highest BCUT2D eigenvalue weighted by molar-refractivity contribution is 6.74. The summed E-state index contributed by atoms with van der Waals surface area (Å²) in [6, 6.07) is -0.805. The number of amides is 4. The van der Waals surface area contributed by atoms with Gasteiger partial charge in [-0.25, -0.2) is 9.69 Å². The number of allylic oxidation sites excluding steroid dienone is 1. The normalized spacial score (nSPS) is 16.3. The maximum absolute atomic E-state index is 13.4. The lowest BCUT2D eigenvalue weighted by Crippen LogP contribution is -2.48. The quantitative estimate of drug-likeness (QED) is 0.0460. The first-order valence-electron chi connectivity index (χ1n) is 18.5. The molecule has 0 aromatic heterocycles. The van der Waals surface area contributed by atoms with Crippen molar-refractivity contribution in [1.29, 1.82) is 0 Å². The molecule has 0 fully saturated rings. The molecule has 52 heavy (non-hydrogen) atoms. The SMILES string of the molecule is CCCCCCC[C@@H](C/C=C/CCC(=O)N(C/C(=C\Cl)CC(=O)CC(=O)N1C(=O)C=C(OC)[C@@H]1CO[Si](C)(C)C(C)(C)C)C(=O)OC(C)(C)C)OC. The van der Waals surface area contributed by atoms with Gasteiger partial charge in [0.1, 0.15) is 23.2 Å². The summed E-state index contributed by atoms with van der Waals surface area (Å²) in [5, 5.41) is -0.104. The minimum atomic E-state index is -2.24. The number of ether oxygens (including phenoxy) is 3. The fourth-order valence-electron chi connectivity index (χ4n) is 5.21. The van der Waals surface area contributed by atoms with Crippen molar-refractivity contribution in [2.24, 2.45) is 0 Å². The summed E-state index contributed by atoms with van der Waals surface area (Å²) in [6.45, 7) is 17.4. The monoisotopic (exact) mass is 768 g/mol. The lowest BCUT2D eigenvalue weighted by Gasteiger charge is -2.38. The Morgan fingerprint density at radius 3 is 2.21 bits per heavy atom. The average molecular weight is 769 g/mol. The minimum absolute atomic E-state index is 0.0245. The Balaban J connectivity index is 2.93. The third-order valence-electron chi connectivity index (χ3n) is 9.31. The van der Waals surface area contributed by atoms with E-state index < -0.39 is 56.0 Å². The molecule has 0 radical (unpaired) electrons. The largest absolute Gasteiger partial charge is 0.499 e. The molecule has 0 unspecified atom stereocenters. The Hall–Kier alpha value is -2.80. The molecule has 1 heterocycles. The molecule has 0 N–H and O–H groups in total. The fraction of sp³-hybridized carbons (Fsp3) is 0.718. The molecule has 0 spiro atoms. The van der Waals surface area contributed by atoms with Crippen LogP contribution in [0.15, 0.2) is 35.1 Å². The molecule has 13 heteroatoms. The number of Topliss-reactive ketones (excluding diaryl/α,β-unsaturated/α-hetero) is 1. The van der Waals surface area contributed by atoms with Gasteiger partial charge in [-0.1, -0.05) is 83.6 Å². The first-order valence-corrected chi connectivity index (χ1v) is 21.8. The van der Waals surface area contributed by atoms with E-state index in [1.54, 1.807) is 27.9 Å². The van der Waals surface area contributed by atoms with Gasteiger partial charge in [-0.15, -0.1) is 0 Å². The van der Waals surface area contributed by atoms with Crippen molar-refractivity contribution in [3.8, 4) is 0 Å². The van der Waals surface area contributed by atoms with E-state index in [0.29, 0.717) is 6.42 Å². The molecular weight excluding hydrogens is 704 g/mol. The summed E-state index contributed by atoms with van der Waals surface area (Å²) in [5.74, 6) is -2.07. The van der Waals surface area contributed by atoms with Gasteiger partial charge in [-0.3, -0.25) is 24.1 Å². The highest BCUT2D eigenvalue weighted by atomic mass is 35.5. The Bertz CT molecular complexity index is 1300. The number of hydrogen-bond acceptors (Lipinski definition) is 9. The van der Waals surface area contributed by atoms with Crippen LogP contribution in [0.3, 0.4) is 0 Å². The third-order valence-corrected chi connectivity index (χ3v) is 14.1. The maximum atomic E-state index is 13.4. The third kappa shape index (κ3) is 16.5. The van der Waals surface area contributed by atoms with Gasteiger partial charge in [0.25, 0.3) is 5.91 Å². The number of methoxy groups -OCH3 is 2. The van der Waals surface area contributed by atoms with E-state index in [0.717, 1.165) is 34.6 Å². The molecule has 296 valence electrons. The Kier molecular flexibility index (Phi) is 20.4. The van der Waals surface area contributed by atoms with E-state index in [1.165, 1.54) is 38.9 Å². The van der Waals surface area contributed by atoms with Crippen LogP contribution in [0.2, 0.25) is 18.1 Å². The van der Waals surface area contributed by atoms with Crippen LogP contribution in [0.1, 0.15) is 119 Å². The van der Waals surface area contributed by atoms with E-state index in [-0.39, 0.29) is 48.5 Å². The first kappa shape index (κ1) is 47.2. The number of hydrogen-bond donors (Lipinski definition) is 0. The summed E-state index contributed by atoms with van der Waals surface area (Å²) >= 11 is 6.10. The van der Waals surface area contributed by atoms with Crippen LogP contribution in [-0.2, 0) is 37.8 Å². The molecule has 0 aromatic rings. The molecule has 0 aromatic carbocycles. The number of halogens is 1. The molecule has 11 nitrogen and oxygen atoms in total. The molecule has 0 bridgehead atoms. The van der Waals surface area contributed by atoms with Crippen LogP contribution in [0.5, 0.6) is 0 Å². The smallest absolute Gasteiger partial charge is 0.417 e. The van der Waals surface area contributed by atoms with Crippen LogP contribution in [0.25, 0.3) is 0 Å². The molecule has 1 aliphatic heterocycles. The van der Waals surface area contributed by atoms with Gasteiger partial charge in [0.15, 0.2) is 8.32 Å². The van der Waals surface area contributed by atoms with E-state index in [4.69, 9.17) is 30.2 Å². The summed E-state index contributed by atoms with van der Waals surface area (Å²) in [7, 11) is 0.883. The van der Waals surface area contributed by atoms with Crippen LogP contribution in [0.4, 0.5) is 4.79 Å². The summed E-state index contributed by atoms with van der Waals surface area (Å²) in [4.78, 5) is 67.9. The second kappa shape index (κ2) is 22.4. The van der Waals surface area contributed by atoms with Crippen LogP contribution in [0, 0.1) is 0 Å². The van der Waals surface area contributed by atoms with Gasteiger partial charge in [0.05, 0.1) is 32.8 Å². The van der Waals surface area contributed by atoms with Gasteiger partial charge >= 0.3 is 6.09 Å². The van der Waals surface area contributed by atoms with Gasteiger partial charge in [-0.05, 0) is 63.7 Å². The Morgan fingerprint density at radius 2 is 1.65 bits per heavy atom. The van der Waals surface area contributed by atoms with Crippen molar-refractivity contribution >= 4 is 49.5 Å². The highest BCUT2D eigenvalue weighted by Gasteiger charge is 2.43. The van der Waals surface area contributed by atoms with Crippen LogP contribution >= 0.6 is 11.6 Å². The first-order chi connectivity index (χ1) is 24.2. The van der Waals surface area contributed by atoms with Crippen LogP contribution < -0.4 is 0 Å². The zero-order valence-corrected chi connectivity index (χ0v) is 35.4. The van der Waals surface area contributed by atoms with Crippen LogP contribution in [-0.4, -0.2) is 92.8 Å². The van der Waals surface area contributed by atoms with E-state index in [2.05, 4.69) is 40.8 Å². The zero-order valence-electron chi connectivity index (χ0n) is 33.6. The number of unbranched alkanes of at least 4 members (excludes halogenated alkanes) is 4. The molecule has 1 rings (SSSR count). The second-order valence-electron chi connectivity index (χ2n) is 15.9. The van der Waals surface area contributed by atoms with Gasteiger partial charge in [0.2, 0.25) is 11.8 Å². The molecule has 1 aliphatic rings. The number of ketones is 1. The van der Waals surface area contributed by atoms with Crippen molar-refractivity contribution in [3.05, 3.63) is 35.1 Å². The second-order valence-corrected chi connectivity index (χ2v) is 20.9. The number of rotatable bonds is 22. The van der Waals surface area contributed by atoms with Gasteiger partial charge in [-0.2, -0.15) is 0 Å². The maximum Gasteiger partial charge on any atom is 0.417 e. The number of nitrogens with zero attached hydrogens (tertiary/aromatic N) is 2. The molecular formula is C39H65ClN2O9Si. The van der Waals surface area contributed by atoms with Crippen molar-refractivity contribution in [1.82, 2.24) is 9.80 Å². The number of imide groups is 2. The number of carbonyl (C=O) groups is 5. The summed E-state index contributed by atoms with van der Waals surface area (Å²) < 4.78 is 22.8. The van der Waals surface area contributed by atoms with Crippen molar-refractivity contribution in [2.45, 2.75) is 155 Å². The lowest BCUT2D eigenvalue weighted by molar-refractivity contribution is -0.145. The van der Waals surface area contributed by atoms with E-state index in [9.17, 15) is 24.0 Å². The molecule has 0 saturated heterocycles. The van der Waals surface area contributed by atoms with Gasteiger partial charge in [0, 0.05) is 31.6 Å². The summed E-state index contributed by atoms with van der Waals surface area (Å²) in [5.41, 5.74) is 0.482. The predicted molar refractivity (Wildman–Crippen MR) is 207 cm³/mol. The average Bonchev–Trinajstić information content (AvgIpc) is 3.37. The highest BCUT2D eigenvalue weighted by Crippen LogP contribution is 2.37. The standard InChI is InChI=1S/C39H65ClN2O9Si/c1-12-13-14-15-17-20-31(48-8)21-18-16-19-22-34(44)41(37(47)51-38(2,3)4)27-29(26-40)23-30(43)24-35(45)42-32(33(49-9)25-36(42)46)28-50-52(10,11)39(5,6)7/h16,18,25-26,31-32H,12-15,17,19-24,27-28H2,1-11H3/b18-16+,29-26-/t31-,32-/m0/s1. The Labute approximate surface area is 318 Å². The molecule has 0 aliphatic carbocycles. The van der Waals surface area contributed by atoms with Crippen molar-refractivity contribution in [3.63, 3.8) is 0 Å². The van der Waals surface area contributed by atoms with E-state index >= 15 is 0 Å². The molecule has 0 saturated carbocycles. The fourth-order valence-corrected chi connectivity index (χ4v) is 6.36. The Morgan fingerprint density at radius 1 is 1.00 bits per heavy atom. The zero-order chi connectivity index (χ0) is 39.7. The van der Waals surface area contributed by atoms with Gasteiger partial charge < -0.3 is 18.6 Å². The van der Waals surface area contributed by atoms with E-state index in [1.807, 2.05) is 12.2 Å². The van der Waals surface area contributed by atoms with Crippen molar-refractivity contribution in [2.75, 3.05) is 27.4 Å². The predicted octanol–water partition coefficient (Wildman–Crippen LogP) is 8.61. The minimum Gasteiger partial charge on any atom is -0.499 e. The number of carbonyl (C=O) groups excluding carboxylic acids is 5. The topological polar surface area (TPSA) is 129 Å². The lowest BCUT2D eigenvalue weighted by atomic mass is 10.1. The van der Waals surface area contributed by atoms with Crippen molar-refractivity contribution < 1.29 is 42.6 Å². The summed E-state index contributed by atoms with van der Waals surface area (Å²) in [6.07, 6.45) is 11.5. The molecule has 4 amide bonds.